The van der Waals surface area contributed by atoms with Gasteiger partial charge >= 0.3 is 0 Å². The van der Waals surface area contributed by atoms with E-state index >= 15 is 0 Å². The van der Waals surface area contributed by atoms with Gasteiger partial charge in [-0.25, -0.2) is 0 Å². The van der Waals surface area contributed by atoms with Crippen LogP contribution in [0, 0.1) is 5.92 Å². The van der Waals surface area contributed by atoms with Crippen LogP contribution in [0.15, 0.2) is 0 Å². The third-order valence-corrected chi connectivity index (χ3v) is 2.15. The summed E-state index contributed by atoms with van der Waals surface area (Å²) in [6.07, 6.45) is 5.32. The van der Waals surface area contributed by atoms with E-state index in [9.17, 15) is 4.79 Å². The van der Waals surface area contributed by atoms with Crippen LogP contribution in [0.1, 0.15) is 32.6 Å². The maximum Gasteiger partial charge on any atom is 0.216 e. The van der Waals surface area contributed by atoms with Crippen LogP contribution in [-0.2, 0) is 4.79 Å². The van der Waals surface area contributed by atoms with Crippen molar-refractivity contribution in [3.63, 3.8) is 0 Å². The zero-order valence-electron chi connectivity index (χ0n) is 6.52. The molecule has 58 valence electrons. The Kier molecular flexibility index (Phi) is 2.72. The van der Waals surface area contributed by atoms with Gasteiger partial charge in [0.05, 0.1) is 0 Å². The van der Waals surface area contributed by atoms with Gasteiger partial charge in [-0.1, -0.05) is 19.3 Å². The number of hydrogen-bond donors (Lipinski definition) is 1. The molecule has 1 rings (SSSR count). The summed E-state index contributed by atoms with van der Waals surface area (Å²) in [7, 11) is 0. The van der Waals surface area contributed by atoms with E-state index in [1.165, 1.54) is 25.7 Å². The smallest absolute Gasteiger partial charge is 0.216 e. The largest absolute Gasteiger partial charge is 0.356 e. The van der Waals surface area contributed by atoms with Gasteiger partial charge in [-0.2, -0.15) is 0 Å². The SMILES string of the molecule is CC(=O)NCCC1CCC1. The van der Waals surface area contributed by atoms with E-state index in [2.05, 4.69) is 5.32 Å². The molecule has 0 spiro atoms. The summed E-state index contributed by atoms with van der Waals surface area (Å²) in [4.78, 5) is 10.4. The monoisotopic (exact) mass is 141 g/mol. The normalized spacial score (nSPS) is 18.1. The van der Waals surface area contributed by atoms with Crippen molar-refractivity contribution in [2.24, 2.45) is 5.92 Å². The Hall–Kier alpha value is -0.530. The predicted molar refractivity (Wildman–Crippen MR) is 40.6 cm³/mol. The van der Waals surface area contributed by atoms with E-state index in [-0.39, 0.29) is 5.91 Å². The van der Waals surface area contributed by atoms with Crippen molar-refractivity contribution < 1.29 is 4.79 Å². The zero-order valence-corrected chi connectivity index (χ0v) is 6.52. The van der Waals surface area contributed by atoms with Crippen molar-refractivity contribution in [1.82, 2.24) is 5.32 Å². The summed E-state index contributed by atoms with van der Waals surface area (Å²) in [5.74, 6) is 1.01. The Morgan fingerprint density at radius 1 is 1.60 bits per heavy atom. The van der Waals surface area contributed by atoms with Gasteiger partial charge in [-0.05, 0) is 12.3 Å². The topological polar surface area (TPSA) is 29.1 Å². The molecule has 0 aromatic heterocycles. The number of rotatable bonds is 3. The lowest BCUT2D eigenvalue weighted by Gasteiger charge is -2.24. The summed E-state index contributed by atoms with van der Waals surface area (Å²) >= 11 is 0. The van der Waals surface area contributed by atoms with Crippen molar-refractivity contribution in [2.75, 3.05) is 6.54 Å². The maximum absolute atomic E-state index is 10.4. The van der Waals surface area contributed by atoms with Gasteiger partial charge in [0.2, 0.25) is 5.91 Å². The molecule has 0 atom stereocenters. The van der Waals surface area contributed by atoms with Crippen LogP contribution in [0.3, 0.4) is 0 Å². The fourth-order valence-electron chi connectivity index (χ4n) is 1.23. The van der Waals surface area contributed by atoms with Gasteiger partial charge in [0.15, 0.2) is 0 Å². The number of amides is 1. The van der Waals surface area contributed by atoms with Crippen LogP contribution < -0.4 is 5.32 Å². The van der Waals surface area contributed by atoms with Crippen molar-refractivity contribution in [3.05, 3.63) is 0 Å². The minimum atomic E-state index is 0.0966. The molecule has 2 heteroatoms. The summed E-state index contributed by atoms with van der Waals surface area (Å²) < 4.78 is 0. The molecule has 0 unspecified atom stereocenters. The van der Waals surface area contributed by atoms with Gasteiger partial charge in [0.25, 0.3) is 0 Å². The molecule has 0 aromatic rings. The number of nitrogens with one attached hydrogen (secondary N) is 1. The quantitative estimate of drug-likeness (QED) is 0.631. The molecule has 1 amide bonds. The number of carbonyl (C=O) groups is 1. The standard InChI is InChI=1S/C8H15NO/c1-7(10)9-6-5-8-3-2-4-8/h8H,2-6H2,1H3,(H,9,10). The molecule has 1 aliphatic rings. The van der Waals surface area contributed by atoms with Gasteiger partial charge in [-0.3, -0.25) is 4.79 Å². The van der Waals surface area contributed by atoms with Crippen LogP contribution in [-0.4, -0.2) is 12.5 Å². The first-order valence-corrected chi connectivity index (χ1v) is 4.03. The predicted octanol–water partition coefficient (Wildman–Crippen LogP) is 1.31. The zero-order chi connectivity index (χ0) is 7.40. The minimum absolute atomic E-state index is 0.0966. The highest BCUT2D eigenvalue weighted by Gasteiger charge is 2.16. The van der Waals surface area contributed by atoms with E-state index in [1.807, 2.05) is 0 Å². The Labute approximate surface area is 62.0 Å². The lowest BCUT2D eigenvalue weighted by atomic mass is 9.83. The highest BCUT2D eigenvalue weighted by molar-refractivity contribution is 5.72. The van der Waals surface area contributed by atoms with Crippen LogP contribution in [0.25, 0.3) is 0 Å². The lowest BCUT2D eigenvalue weighted by molar-refractivity contribution is -0.119. The molecule has 0 aromatic carbocycles. The molecule has 0 saturated heterocycles. The maximum atomic E-state index is 10.4. The molecule has 0 radical (unpaired) electrons. The first-order chi connectivity index (χ1) is 4.79. The molecule has 0 heterocycles. The second-order valence-corrected chi connectivity index (χ2v) is 3.07. The van der Waals surface area contributed by atoms with Crippen LogP contribution >= 0.6 is 0 Å². The molecule has 1 fully saturated rings. The lowest BCUT2D eigenvalue weighted by Crippen LogP contribution is -2.24. The number of carbonyl (C=O) groups excluding carboxylic acids is 1. The molecule has 2 nitrogen and oxygen atoms in total. The highest BCUT2D eigenvalue weighted by Crippen LogP contribution is 2.28. The molecular formula is C8H15NO. The fourth-order valence-corrected chi connectivity index (χ4v) is 1.23. The van der Waals surface area contributed by atoms with Crippen molar-refractivity contribution >= 4 is 5.91 Å². The molecule has 0 aliphatic heterocycles. The van der Waals surface area contributed by atoms with Crippen molar-refractivity contribution in [2.45, 2.75) is 32.6 Å². The molecule has 1 saturated carbocycles. The average Bonchev–Trinajstić information content (AvgIpc) is 1.75. The Bertz CT molecular complexity index is 118. The van der Waals surface area contributed by atoms with E-state index < -0.39 is 0 Å². The van der Waals surface area contributed by atoms with Crippen molar-refractivity contribution in [1.29, 1.82) is 0 Å². The van der Waals surface area contributed by atoms with Crippen LogP contribution in [0.4, 0.5) is 0 Å². The summed E-state index contributed by atoms with van der Waals surface area (Å²) in [6, 6.07) is 0. The molecule has 10 heavy (non-hydrogen) atoms. The average molecular weight is 141 g/mol. The molecule has 0 bridgehead atoms. The fraction of sp³-hybridized carbons (Fsp3) is 0.875. The second kappa shape index (κ2) is 3.59. The molecular weight excluding hydrogens is 126 g/mol. The van der Waals surface area contributed by atoms with Gasteiger partial charge < -0.3 is 5.32 Å². The highest BCUT2D eigenvalue weighted by atomic mass is 16.1. The van der Waals surface area contributed by atoms with E-state index in [0.717, 1.165) is 12.5 Å². The first-order valence-electron chi connectivity index (χ1n) is 4.03. The second-order valence-electron chi connectivity index (χ2n) is 3.07. The molecule has 1 N–H and O–H groups in total. The third kappa shape index (κ3) is 2.38. The third-order valence-electron chi connectivity index (χ3n) is 2.15. The van der Waals surface area contributed by atoms with E-state index in [0.29, 0.717) is 0 Å². The molecule has 1 aliphatic carbocycles. The van der Waals surface area contributed by atoms with Crippen molar-refractivity contribution in [3.8, 4) is 0 Å². The Morgan fingerprint density at radius 2 is 2.30 bits per heavy atom. The Balaban J connectivity index is 1.89. The van der Waals surface area contributed by atoms with E-state index in [1.54, 1.807) is 6.92 Å². The van der Waals surface area contributed by atoms with Crippen LogP contribution in [0.2, 0.25) is 0 Å². The van der Waals surface area contributed by atoms with Crippen LogP contribution in [0.5, 0.6) is 0 Å². The minimum Gasteiger partial charge on any atom is -0.356 e. The summed E-state index contributed by atoms with van der Waals surface area (Å²) in [5, 5.41) is 2.81. The van der Waals surface area contributed by atoms with Gasteiger partial charge in [0.1, 0.15) is 0 Å². The van der Waals surface area contributed by atoms with Gasteiger partial charge in [-0.15, -0.1) is 0 Å². The number of hydrogen-bond acceptors (Lipinski definition) is 1. The van der Waals surface area contributed by atoms with E-state index in [4.69, 9.17) is 0 Å². The first kappa shape index (κ1) is 7.58. The Morgan fingerprint density at radius 3 is 2.70 bits per heavy atom. The summed E-state index contributed by atoms with van der Waals surface area (Å²) in [6.45, 7) is 2.45. The summed E-state index contributed by atoms with van der Waals surface area (Å²) in [5.41, 5.74) is 0. The van der Waals surface area contributed by atoms with Gasteiger partial charge in [0, 0.05) is 13.5 Å².